The summed E-state index contributed by atoms with van der Waals surface area (Å²) in [6, 6.07) is 11.3. The van der Waals surface area contributed by atoms with Gasteiger partial charge in [0.05, 0.1) is 0 Å². The average Bonchev–Trinajstić information content (AvgIpc) is 2.72. The van der Waals surface area contributed by atoms with Gasteiger partial charge in [-0.15, -0.1) is 0 Å². The first kappa shape index (κ1) is 19.6. The molecule has 3 atom stereocenters. The van der Waals surface area contributed by atoms with Crippen LogP contribution < -0.4 is 5.32 Å². The molecule has 5 heteroatoms. The summed E-state index contributed by atoms with van der Waals surface area (Å²) in [5.41, 5.74) is 1.12. The van der Waals surface area contributed by atoms with Crippen LogP contribution >= 0.6 is 0 Å². The lowest BCUT2D eigenvalue weighted by molar-refractivity contribution is -0.122. The number of carbonyl (C=O) groups is 3. The molecule has 1 saturated carbocycles. The first-order valence-corrected chi connectivity index (χ1v) is 10.6. The number of benzene rings is 2. The zero-order valence-electron chi connectivity index (χ0n) is 17.1. The van der Waals surface area contributed by atoms with E-state index in [2.05, 4.69) is 19.2 Å². The predicted octanol–water partition coefficient (Wildman–Crippen LogP) is 4.16. The number of nitrogens with zero attached hydrogens (tertiary/aromatic N) is 1. The van der Waals surface area contributed by atoms with Crippen LogP contribution in [0.2, 0.25) is 0 Å². The molecule has 0 aromatic heterocycles. The Bertz CT molecular complexity index is 917. The second-order valence-electron chi connectivity index (χ2n) is 8.52. The molecular weight excluding hydrogens is 364 g/mol. The van der Waals surface area contributed by atoms with E-state index in [1.807, 2.05) is 24.3 Å². The zero-order valence-corrected chi connectivity index (χ0v) is 17.1. The summed E-state index contributed by atoms with van der Waals surface area (Å²) in [5.74, 6) is 0.578. The Morgan fingerprint density at radius 3 is 2.34 bits per heavy atom. The molecule has 1 N–H and O–H groups in total. The summed E-state index contributed by atoms with van der Waals surface area (Å²) in [7, 11) is 0. The van der Waals surface area contributed by atoms with Crippen LogP contribution in [0.3, 0.4) is 0 Å². The third kappa shape index (κ3) is 3.66. The van der Waals surface area contributed by atoms with Crippen LogP contribution in [0.15, 0.2) is 36.4 Å². The molecule has 2 aliphatic rings. The molecule has 1 fully saturated rings. The van der Waals surface area contributed by atoms with E-state index in [0.717, 1.165) is 23.6 Å². The Morgan fingerprint density at radius 2 is 1.69 bits per heavy atom. The molecule has 29 heavy (non-hydrogen) atoms. The van der Waals surface area contributed by atoms with Gasteiger partial charge < -0.3 is 5.32 Å². The molecule has 5 nitrogen and oxygen atoms in total. The summed E-state index contributed by atoms with van der Waals surface area (Å²) in [6.07, 6.45) is 4.19. The van der Waals surface area contributed by atoms with E-state index in [1.54, 1.807) is 12.1 Å². The van der Waals surface area contributed by atoms with Gasteiger partial charge in [-0.2, -0.15) is 0 Å². The van der Waals surface area contributed by atoms with Crippen molar-refractivity contribution in [3.8, 4) is 0 Å². The molecule has 1 aliphatic carbocycles. The maximum absolute atomic E-state index is 12.9. The highest BCUT2D eigenvalue weighted by molar-refractivity contribution is 6.25. The van der Waals surface area contributed by atoms with Crippen molar-refractivity contribution in [3.63, 3.8) is 0 Å². The fourth-order valence-electron chi connectivity index (χ4n) is 4.75. The molecule has 2 aromatic carbocycles. The summed E-state index contributed by atoms with van der Waals surface area (Å²) in [4.78, 5) is 39.5. The Balaban J connectivity index is 1.39. The van der Waals surface area contributed by atoms with Gasteiger partial charge in [0, 0.05) is 35.5 Å². The van der Waals surface area contributed by atoms with Gasteiger partial charge in [0.15, 0.2) is 0 Å². The first-order valence-electron chi connectivity index (χ1n) is 10.6. The number of rotatable bonds is 5. The summed E-state index contributed by atoms with van der Waals surface area (Å²) in [6.45, 7) is 4.71. The largest absolute Gasteiger partial charge is 0.353 e. The van der Waals surface area contributed by atoms with Crippen LogP contribution in [0.25, 0.3) is 10.8 Å². The highest BCUT2D eigenvalue weighted by atomic mass is 16.2. The summed E-state index contributed by atoms with van der Waals surface area (Å²) >= 11 is 0. The van der Waals surface area contributed by atoms with E-state index in [-0.39, 0.29) is 30.3 Å². The molecule has 152 valence electrons. The van der Waals surface area contributed by atoms with Gasteiger partial charge in [-0.25, -0.2) is 0 Å². The Kier molecular flexibility index (Phi) is 5.39. The Morgan fingerprint density at radius 1 is 1.03 bits per heavy atom. The number of hydrogen-bond donors (Lipinski definition) is 1. The van der Waals surface area contributed by atoms with Crippen LogP contribution in [0.1, 0.15) is 66.7 Å². The zero-order chi connectivity index (χ0) is 20.5. The third-order valence-corrected chi connectivity index (χ3v) is 6.69. The van der Waals surface area contributed by atoms with Crippen molar-refractivity contribution >= 4 is 28.5 Å². The van der Waals surface area contributed by atoms with Crippen LogP contribution in [0.4, 0.5) is 0 Å². The third-order valence-electron chi connectivity index (χ3n) is 6.69. The Hall–Kier alpha value is -2.69. The fourth-order valence-corrected chi connectivity index (χ4v) is 4.75. The molecule has 2 aromatic rings. The molecule has 3 amide bonds. The maximum atomic E-state index is 12.9. The molecule has 1 aliphatic heterocycles. The van der Waals surface area contributed by atoms with E-state index in [1.165, 1.54) is 11.3 Å². The van der Waals surface area contributed by atoms with Gasteiger partial charge in [-0.3, -0.25) is 19.3 Å². The SMILES string of the molecule is CC1CCCC(NC(=O)CCCN2C(=O)c3cccc4cccc(c34)C2=O)C1C. The smallest absolute Gasteiger partial charge is 0.261 e. The van der Waals surface area contributed by atoms with Gasteiger partial charge in [0.25, 0.3) is 11.8 Å². The fraction of sp³-hybridized carbons (Fsp3) is 0.458. The molecule has 0 saturated heterocycles. The van der Waals surface area contributed by atoms with Crippen LogP contribution in [-0.2, 0) is 4.79 Å². The average molecular weight is 392 g/mol. The topological polar surface area (TPSA) is 66.5 Å². The predicted molar refractivity (Wildman–Crippen MR) is 113 cm³/mol. The van der Waals surface area contributed by atoms with Gasteiger partial charge in [-0.1, -0.05) is 51.0 Å². The lowest BCUT2D eigenvalue weighted by Gasteiger charge is -2.34. The number of nitrogens with one attached hydrogen (secondary N) is 1. The summed E-state index contributed by atoms with van der Waals surface area (Å²) < 4.78 is 0. The normalized spacial score (nSPS) is 24.1. The Labute approximate surface area is 171 Å². The number of imide groups is 1. The molecule has 3 unspecified atom stereocenters. The minimum atomic E-state index is -0.269. The molecule has 0 bridgehead atoms. The molecule has 0 radical (unpaired) electrons. The molecule has 0 spiro atoms. The van der Waals surface area contributed by atoms with Crippen molar-refractivity contribution < 1.29 is 14.4 Å². The molecular formula is C24H28N2O3. The van der Waals surface area contributed by atoms with Crippen molar-refractivity contribution in [3.05, 3.63) is 47.5 Å². The van der Waals surface area contributed by atoms with Gasteiger partial charge in [0.2, 0.25) is 5.91 Å². The van der Waals surface area contributed by atoms with Crippen molar-refractivity contribution in [2.45, 2.75) is 52.0 Å². The van der Waals surface area contributed by atoms with Crippen molar-refractivity contribution in [2.24, 2.45) is 11.8 Å². The van der Waals surface area contributed by atoms with Crippen molar-refractivity contribution in [2.75, 3.05) is 6.54 Å². The van der Waals surface area contributed by atoms with E-state index in [4.69, 9.17) is 0 Å². The molecule has 4 rings (SSSR count). The lowest BCUT2D eigenvalue weighted by Crippen LogP contribution is -2.44. The van der Waals surface area contributed by atoms with E-state index in [0.29, 0.717) is 35.8 Å². The van der Waals surface area contributed by atoms with Gasteiger partial charge in [0.1, 0.15) is 0 Å². The summed E-state index contributed by atoms with van der Waals surface area (Å²) in [5, 5.41) is 4.80. The monoisotopic (exact) mass is 392 g/mol. The minimum absolute atomic E-state index is 0.00959. The van der Waals surface area contributed by atoms with E-state index >= 15 is 0 Å². The van der Waals surface area contributed by atoms with Gasteiger partial charge in [-0.05, 0) is 42.2 Å². The van der Waals surface area contributed by atoms with Crippen LogP contribution in [0, 0.1) is 11.8 Å². The quantitative estimate of drug-likeness (QED) is 0.777. The first-order chi connectivity index (χ1) is 14.0. The second kappa shape index (κ2) is 7.97. The number of carbonyl (C=O) groups excluding carboxylic acids is 3. The van der Waals surface area contributed by atoms with E-state index < -0.39 is 0 Å². The van der Waals surface area contributed by atoms with Crippen LogP contribution in [-0.4, -0.2) is 35.2 Å². The maximum Gasteiger partial charge on any atom is 0.261 e. The minimum Gasteiger partial charge on any atom is -0.353 e. The molecule has 1 heterocycles. The number of amides is 3. The standard InChI is InChI=1S/C24H28N2O3/c1-15-7-3-12-20(16(15)2)25-21(27)13-6-14-26-23(28)18-10-4-8-17-9-5-11-19(22(17)18)24(26)29/h4-5,8-11,15-16,20H,3,6-7,12-14H2,1-2H3,(H,25,27). The van der Waals surface area contributed by atoms with Gasteiger partial charge >= 0.3 is 0 Å². The van der Waals surface area contributed by atoms with Crippen LogP contribution in [0.5, 0.6) is 0 Å². The highest BCUT2D eigenvalue weighted by Crippen LogP contribution is 2.31. The number of hydrogen-bond acceptors (Lipinski definition) is 3. The second-order valence-corrected chi connectivity index (χ2v) is 8.52. The van der Waals surface area contributed by atoms with Crippen molar-refractivity contribution in [1.82, 2.24) is 10.2 Å². The van der Waals surface area contributed by atoms with E-state index in [9.17, 15) is 14.4 Å². The lowest BCUT2D eigenvalue weighted by atomic mass is 9.78. The van der Waals surface area contributed by atoms with Crippen molar-refractivity contribution in [1.29, 1.82) is 0 Å². The highest BCUT2D eigenvalue weighted by Gasteiger charge is 2.32.